The second-order valence-electron chi connectivity index (χ2n) is 1.66. The lowest BCUT2D eigenvalue weighted by atomic mass is 10.6. The number of imidazole rings is 1. The third-order valence-corrected chi connectivity index (χ3v) is 1.47. The zero-order chi connectivity index (χ0) is 8.69. The molecule has 62 valence electrons. The molecule has 0 unspecified atom stereocenters. The second kappa shape index (κ2) is 6.04. The van der Waals surface area contributed by atoms with E-state index in [1.807, 2.05) is 20.8 Å². The van der Waals surface area contributed by atoms with Crippen LogP contribution in [0.3, 0.4) is 0 Å². The maximum absolute atomic E-state index is 4.04. The van der Waals surface area contributed by atoms with Crippen molar-refractivity contribution in [1.29, 1.82) is 0 Å². The van der Waals surface area contributed by atoms with Crippen molar-refractivity contribution in [2.75, 3.05) is 0 Å². The van der Waals surface area contributed by atoms with E-state index in [4.69, 9.17) is 0 Å². The number of hydrogen-bond donors (Lipinski definition) is 1. The third kappa shape index (κ3) is 3.88. The Labute approximate surface area is 72.1 Å². The minimum Gasteiger partial charge on any atom is -0.337 e. The summed E-state index contributed by atoms with van der Waals surface area (Å²) in [5, 5.41) is 2.65. The topological polar surface area (TPSA) is 28.7 Å². The van der Waals surface area contributed by atoms with Gasteiger partial charge in [-0.1, -0.05) is 32.2 Å². The predicted octanol–water partition coefficient (Wildman–Crippen LogP) is 2.98. The lowest BCUT2D eigenvalue weighted by Gasteiger charge is -1.83. The highest BCUT2D eigenvalue weighted by atomic mass is 32.2. The molecule has 1 heterocycles. The van der Waals surface area contributed by atoms with Crippen LogP contribution in [0.2, 0.25) is 0 Å². The van der Waals surface area contributed by atoms with Gasteiger partial charge < -0.3 is 4.98 Å². The Morgan fingerprint density at radius 3 is 2.64 bits per heavy atom. The van der Waals surface area contributed by atoms with Crippen molar-refractivity contribution in [3.63, 3.8) is 0 Å². The minimum atomic E-state index is 0.905. The van der Waals surface area contributed by atoms with E-state index in [9.17, 15) is 0 Å². The molecule has 0 aromatic carbocycles. The third-order valence-electron chi connectivity index (χ3n) is 0.875. The molecule has 1 aromatic rings. The van der Waals surface area contributed by atoms with E-state index in [2.05, 4.69) is 16.5 Å². The van der Waals surface area contributed by atoms with Crippen LogP contribution in [0.1, 0.15) is 19.5 Å². The molecular formula is C8H14N2S. The smallest absolute Gasteiger partial charge is 0.169 e. The van der Waals surface area contributed by atoms with Gasteiger partial charge in [0, 0.05) is 11.9 Å². The van der Waals surface area contributed by atoms with E-state index < -0.39 is 0 Å². The van der Waals surface area contributed by atoms with Gasteiger partial charge in [-0.05, 0) is 12.3 Å². The number of H-pyrrole nitrogens is 1. The average Bonchev–Trinajstić information content (AvgIpc) is 2.41. The van der Waals surface area contributed by atoms with Gasteiger partial charge in [-0.25, -0.2) is 4.98 Å². The highest BCUT2D eigenvalue weighted by Gasteiger charge is 1.91. The Kier molecular flexibility index (Phi) is 5.65. The van der Waals surface area contributed by atoms with Crippen molar-refractivity contribution in [3.05, 3.63) is 23.9 Å². The van der Waals surface area contributed by atoms with Crippen LogP contribution in [-0.2, 0) is 0 Å². The monoisotopic (exact) mass is 170 g/mol. The maximum Gasteiger partial charge on any atom is 0.169 e. The maximum atomic E-state index is 4.04. The Morgan fingerprint density at radius 1 is 1.64 bits per heavy atom. The summed E-state index contributed by atoms with van der Waals surface area (Å²) in [5.41, 5.74) is 1.08. The van der Waals surface area contributed by atoms with Gasteiger partial charge in [0.05, 0.1) is 0 Å². The Balaban J connectivity index is 0.000000461. The molecule has 0 fully saturated rings. The van der Waals surface area contributed by atoms with Crippen LogP contribution < -0.4 is 0 Å². The van der Waals surface area contributed by atoms with Gasteiger partial charge in [0.2, 0.25) is 0 Å². The number of nitrogens with zero attached hydrogens (tertiary/aromatic N) is 1. The van der Waals surface area contributed by atoms with Gasteiger partial charge in [0.25, 0.3) is 0 Å². The lowest BCUT2D eigenvalue weighted by Crippen LogP contribution is -1.69. The SMILES string of the molecule is C=CSc1ncc(C)[nH]1.CC. The van der Waals surface area contributed by atoms with Crippen molar-refractivity contribution < 1.29 is 0 Å². The van der Waals surface area contributed by atoms with Crippen LogP contribution in [0.5, 0.6) is 0 Å². The lowest BCUT2D eigenvalue weighted by molar-refractivity contribution is 1.05. The molecule has 0 aliphatic carbocycles. The number of thioether (sulfide) groups is 1. The fraction of sp³-hybridized carbons (Fsp3) is 0.375. The fourth-order valence-corrected chi connectivity index (χ4v) is 1.02. The summed E-state index contributed by atoms with van der Waals surface area (Å²) in [4.78, 5) is 7.10. The summed E-state index contributed by atoms with van der Waals surface area (Å²) in [6, 6.07) is 0. The molecule has 3 heteroatoms. The van der Waals surface area contributed by atoms with Crippen LogP contribution in [0.4, 0.5) is 0 Å². The number of hydrogen-bond acceptors (Lipinski definition) is 2. The molecule has 0 saturated heterocycles. The largest absolute Gasteiger partial charge is 0.337 e. The number of rotatable bonds is 2. The zero-order valence-electron chi connectivity index (χ0n) is 7.22. The van der Waals surface area contributed by atoms with E-state index in [-0.39, 0.29) is 0 Å². The van der Waals surface area contributed by atoms with Gasteiger partial charge in [-0.3, -0.25) is 0 Å². The highest BCUT2D eigenvalue weighted by Crippen LogP contribution is 2.12. The van der Waals surface area contributed by atoms with E-state index >= 15 is 0 Å². The molecule has 0 spiro atoms. The standard InChI is InChI=1S/C6H8N2S.C2H6/c1-3-9-6-7-4-5(2)8-6;1-2/h3-4H,1H2,2H3,(H,7,8);1-2H3. The van der Waals surface area contributed by atoms with Crippen LogP contribution in [-0.4, -0.2) is 9.97 Å². The molecule has 0 aliphatic rings. The van der Waals surface area contributed by atoms with Crippen molar-refractivity contribution in [1.82, 2.24) is 9.97 Å². The van der Waals surface area contributed by atoms with Gasteiger partial charge >= 0.3 is 0 Å². The van der Waals surface area contributed by atoms with Gasteiger partial charge in [-0.15, -0.1) is 0 Å². The first-order valence-corrected chi connectivity index (χ1v) is 4.50. The summed E-state index contributed by atoms with van der Waals surface area (Å²) >= 11 is 1.49. The van der Waals surface area contributed by atoms with Crippen molar-refractivity contribution in [3.8, 4) is 0 Å². The fourth-order valence-electron chi connectivity index (χ4n) is 0.527. The number of aryl methyl sites for hydroxylation is 1. The minimum absolute atomic E-state index is 0.905. The molecule has 0 aliphatic heterocycles. The molecule has 0 atom stereocenters. The molecular weight excluding hydrogens is 156 g/mol. The molecule has 2 nitrogen and oxygen atoms in total. The Bertz CT molecular complexity index is 206. The van der Waals surface area contributed by atoms with Crippen LogP contribution in [0, 0.1) is 6.92 Å². The highest BCUT2D eigenvalue weighted by molar-refractivity contribution is 8.01. The number of aromatic amines is 1. The van der Waals surface area contributed by atoms with E-state index in [1.165, 1.54) is 11.8 Å². The summed E-state index contributed by atoms with van der Waals surface area (Å²) in [5.74, 6) is 0. The Hall–Kier alpha value is -0.700. The summed E-state index contributed by atoms with van der Waals surface area (Å²) in [6.45, 7) is 9.54. The first kappa shape index (κ1) is 10.3. The summed E-state index contributed by atoms with van der Waals surface area (Å²) in [7, 11) is 0. The van der Waals surface area contributed by atoms with Crippen LogP contribution in [0.25, 0.3) is 0 Å². The summed E-state index contributed by atoms with van der Waals surface area (Å²) in [6.07, 6.45) is 1.80. The van der Waals surface area contributed by atoms with E-state index in [0.717, 1.165) is 10.9 Å². The van der Waals surface area contributed by atoms with Crippen LogP contribution in [0.15, 0.2) is 23.3 Å². The predicted molar refractivity (Wildman–Crippen MR) is 50.7 cm³/mol. The van der Waals surface area contributed by atoms with Gasteiger partial charge in [-0.2, -0.15) is 0 Å². The molecule has 1 rings (SSSR count). The molecule has 0 radical (unpaired) electrons. The first-order valence-electron chi connectivity index (χ1n) is 3.62. The van der Waals surface area contributed by atoms with Crippen LogP contribution >= 0.6 is 11.8 Å². The first-order chi connectivity index (χ1) is 5.33. The van der Waals surface area contributed by atoms with Crippen molar-refractivity contribution >= 4 is 11.8 Å². The molecule has 0 saturated carbocycles. The number of aromatic nitrogens is 2. The van der Waals surface area contributed by atoms with Crippen molar-refractivity contribution in [2.45, 2.75) is 25.9 Å². The van der Waals surface area contributed by atoms with Gasteiger partial charge in [0.1, 0.15) is 0 Å². The quantitative estimate of drug-likeness (QED) is 0.691. The van der Waals surface area contributed by atoms with Gasteiger partial charge in [0.15, 0.2) is 5.16 Å². The molecule has 1 N–H and O–H groups in total. The molecule has 0 amide bonds. The average molecular weight is 170 g/mol. The Morgan fingerprint density at radius 2 is 2.27 bits per heavy atom. The zero-order valence-corrected chi connectivity index (χ0v) is 8.03. The van der Waals surface area contributed by atoms with E-state index in [1.54, 1.807) is 11.6 Å². The number of nitrogens with one attached hydrogen (secondary N) is 1. The second-order valence-corrected chi connectivity index (χ2v) is 2.61. The molecule has 0 bridgehead atoms. The molecule has 1 aromatic heterocycles. The normalized spacial score (nSPS) is 8.27. The molecule has 11 heavy (non-hydrogen) atoms. The summed E-state index contributed by atoms with van der Waals surface area (Å²) < 4.78 is 0. The van der Waals surface area contributed by atoms with Crippen molar-refractivity contribution in [2.24, 2.45) is 0 Å². The van der Waals surface area contributed by atoms with E-state index in [0.29, 0.717) is 0 Å².